The lowest BCUT2D eigenvalue weighted by Crippen LogP contribution is -2.37. The van der Waals surface area contributed by atoms with Gasteiger partial charge in [-0.3, -0.25) is 18.7 Å². The second-order valence-electron chi connectivity index (χ2n) is 11.2. The van der Waals surface area contributed by atoms with Crippen LogP contribution in [0.25, 0.3) is 33.4 Å². The maximum atomic E-state index is 13.1. The van der Waals surface area contributed by atoms with Crippen LogP contribution in [0.3, 0.4) is 0 Å². The van der Waals surface area contributed by atoms with E-state index in [0.29, 0.717) is 47.6 Å². The number of carbonyl (C=O) groups excluding carboxylic acids is 1. The van der Waals surface area contributed by atoms with Crippen molar-refractivity contribution in [3.8, 4) is 28.3 Å². The third kappa shape index (κ3) is 5.72. The van der Waals surface area contributed by atoms with Crippen molar-refractivity contribution in [1.82, 2.24) is 34.7 Å². The van der Waals surface area contributed by atoms with Crippen molar-refractivity contribution in [3.05, 3.63) is 91.8 Å². The Labute approximate surface area is 269 Å². The van der Waals surface area contributed by atoms with Gasteiger partial charge >= 0.3 is 5.69 Å². The van der Waals surface area contributed by atoms with E-state index in [1.807, 2.05) is 55.5 Å². The van der Waals surface area contributed by atoms with E-state index in [4.69, 9.17) is 21.3 Å². The average Bonchev–Trinajstić information content (AvgIpc) is 3.48. The van der Waals surface area contributed by atoms with Gasteiger partial charge in [0.1, 0.15) is 17.5 Å². The molecule has 2 aromatic carbocycles. The van der Waals surface area contributed by atoms with E-state index in [-0.39, 0.29) is 23.0 Å². The van der Waals surface area contributed by atoms with Gasteiger partial charge in [-0.25, -0.2) is 19.7 Å². The molecule has 46 heavy (non-hydrogen) atoms. The van der Waals surface area contributed by atoms with E-state index < -0.39 is 11.2 Å². The molecule has 3 N–H and O–H groups in total. The molecule has 0 radical (unpaired) electrons. The van der Waals surface area contributed by atoms with Crippen LogP contribution in [0.4, 0.5) is 11.5 Å². The summed E-state index contributed by atoms with van der Waals surface area (Å²) >= 11 is 7.07. The number of benzene rings is 2. The highest BCUT2D eigenvalue weighted by molar-refractivity contribution is 6.36. The number of aromatic nitrogens is 5. The third-order valence-corrected chi connectivity index (χ3v) is 8.72. The van der Waals surface area contributed by atoms with E-state index in [1.54, 1.807) is 14.2 Å². The highest BCUT2D eigenvalue weighted by atomic mass is 35.5. The Morgan fingerprint density at radius 1 is 1.00 bits per heavy atom. The second kappa shape index (κ2) is 12.7. The van der Waals surface area contributed by atoms with Crippen molar-refractivity contribution in [2.45, 2.75) is 32.4 Å². The molecule has 1 amide bonds. The summed E-state index contributed by atoms with van der Waals surface area (Å²) in [5.41, 5.74) is 4.85. The molecule has 1 saturated heterocycles. The molecule has 5 aromatic rings. The van der Waals surface area contributed by atoms with Crippen LogP contribution in [0.15, 0.2) is 64.4 Å². The van der Waals surface area contributed by atoms with Gasteiger partial charge in [-0.2, -0.15) is 0 Å². The Hall–Kier alpha value is -5.07. The summed E-state index contributed by atoms with van der Waals surface area (Å²) in [4.78, 5) is 50.3. The molecule has 0 spiro atoms. The van der Waals surface area contributed by atoms with Crippen molar-refractivity contribution < 1.29 is 9.53 Å². The van der Waals surface area contributed by atoms with Gasteiger partial charge in [0.05, 0.1) is 17.8 Å². The molecule has 12 nitrogen and oxygen atoms in total. The predicted octanol–water partition coefficient (Wildman–Crippen LogP) is 3.84. The maximum absolute atomic E-state index is 13.1. The van der Waals surface area contributed by atoms with Crippen molar-refractivity contribution in [3.63, 3.8) is 0 Å². The van der Waals surface area contributed by atoms with Gasteiger partial charge in [0.2, 0.25) is 11.8 Å². The summed E-state index contributed by atoms with van der Waals surface area (Å²) < 4.78 is 7.99. The highest BCUT2D eigenvalue weighted by Crippen LogP contribution is 2.39. The van der Waals surface area contributed by atoms with Crippen LogP contribution in [0.5, 0.6) is 5.88 Å². The lowest BCUT2D eigenvalue weighted by Gasteiger charge is -2.17. The summed E-state index contributed by atoms with van der Waals surface area (Å²) in [6.45, 7) is 3.17. The summed E-state index contributed by atoms with van der Waals surface area (Å²) in [5, 5.41) is 10.4. The quantitative estimate of drug-likeness (QED) is 0.219. The third-order valence-electron chi connectivity index (χ3n) is 8.31. The number of carbonyl (C=O) groups is 1. The molecule has 0 bridgehead atoms. The fourth-order valence-corrected chi connectivity index (χ4v) is 6.09. The zero-order valence-electron chi connectivity index (χ0n) is 25.8. The monoisotopic (exact) mass is 640 g/mol. The minimum Gasteiger partial charge on any atom is -0.481 e. The van der Waals surface area contributed by atoms with Gasteiger partial charge in [0.15, 0.2) is 5.65 Å². The lowest BCUT2D eigenvalue weighted by molar-refractivity contribution is -0.119. The smallest absolute Gasteiger partial charge is 0.332 e. The Bertz CT molecular complexity index is 2110. The number of hydrogen-bond acceptors (Lipinski definition) is 9. The first-order valence-corrected chi connectivity index (χ1v) is 15.2. The average molecular weight is 641 g/mol. The molecule has 13 heteroatoms. The first-order valence-electron chi connectivity index (χ1n) is 14.8. The van der Waals surface area contributed by atoms with E-state index in [9.17, 15) is 14.4 Å². The molecular weight excluding hydrogens is 608 g/mol. The van der Waals surface area contributed by atoms with Crippen LogP contribution in [0.1, 0.15) is 24.0 Å². The summed E-state index contributed by atoms with van der Waals surface area (Å²) in [5.74, 6) is 0.874. The van der Waals surface area contributed by atoms with Crippen LogP contribution < -0.4 is 31.9 Å². The molecule has 1 atom stereocenters. The number of halogens is 1. The van der Waals surface area contributed by atoms with Crippen molar-refractivity contribution in [1.29, 1.82) is 0 Å². The van der Waals surface area contributed by atoms with E-state index >= 15 is 0 Å². The molecule has 1 fully saturated rings. The number of fused-ring (bicyclic) bond motifs is 1. The molecule has 3 aromatic heterocycles. The van der Waals surface area contributed by atoms with Gasteiger partial charge in [0.25, 0.3) is 5.56 Å². The molecule has 6 rings (SSSR count). The number of nitrogens with zero attached hydrogens (tertiary/aromatic N) is 5. The lowest BCUT2D eigenvalue weighted by atomic mass is 9.96. The number of rotatable bonds is 9. The van der Waals surface area contributed by atoms with Crippen LogP contribution in [0, 0.1) is 6.92 Å². The van der Waals surface area contributed by atoms with Crippen LogP contribution in [-0.2, 0) is 25.4 Å². The number of pyridine rings is 1. The normalized spacial score (nSPS) is 14.5. The van der Waals surface area contributed by atoms with Gasteiger partial charge in [-0.05, 0) is 36.6 Å². The first kappa shape index (κ1) is 30.9. The molecular formula is C33H33ClN8O4. The van der Waals surface area contributed by atoms with Crippen molar-refractivity contribution >= 4 is 40.0 Å². The fourth-order valence-electron chi connectivity index (χ4n) is 5.76. The van der Waals surface area contributed by atoms with Gasteiger partial charge in [-0.1, -0.05) is 48.0 Å². The molecule has 1 aliphatic rings. The number of anilines is 2. The SMILES string of the molecule is COc1nc(-c2cccc(-c3cccc(Nc4ncnc5c4c(=O)n(C)c(=O)n5C)c3C)c2Cl)ccc1CNCC1CCC(=O)N1. The second-order valence-corrected chi connectivity index (χ2v) is 11.6. The maximum Gasteiger partial charge on any atom is 0.332 e. The predicted molar refractivity (Wildman–Crippen MR) is 178 cm³/mol. The Morgan fingerprint density at radius 3 is 2.52 bits per heavy atom. The van der Waals surface area contributed by atoms with Gasteiger partial charge in [0, 0.05) is 62.0 Å². The molecule has 1 unspecified atom stereocenters. The fraction of sp³-hybridized carbons (Fsp3) is 0.273. The van der Waals surface area contributed by atoms with Crippen molar-refractivity contribution in [2.24, 2.45) is 14.1 Å². The van der Waals surface area contributed by atoms with E-state index in [1.165, 1.54) is 17.9 Å². The number of nitrogens with one attached hydrogen (secondary N) is 3. The summed E-state index contributed by atoms with van der Waals surface area (Å²) in [6, 6.07) is 15.6. The van der Waals surface area contributed by atoms with Gasteiger partial charge in [-0.15, -0.1) is 0 Å². The molecule has 0 saturated carbocycles. The van der Waals surface area contributed by atoms with Gasteiger partial charge < -0.3 is 20.7 Å². The highest BCUT2D eigenvalue weighted by Gasteiger charge is 2.21. The zero-order chi connectivity index (χ0) is 32.5. The Kier molecular flexibility index (Phi) is 8.57. The minimum atomic E-state index is -0.488. The number of aryl methyl sites for hydroxylation is 1. The standard InChI is InChI=1S/C33H33ClN8O4/c1-18-21(7-6-10-24(18)39-29-27-30(37-17-36-29)41(2)33(45)42(3)32(27)44)22-8-5-9-23(28(22)34)25-13-11-19(31(40-25)46-4)15-35-16-20-12-14-26(43)38-20/h5-11,13,17,20,35H,12,14-16H2,1-4H3,(H,38,43)(H,36,37,39). The van der Waals surface area contributed by atoms with Crippen molar-refractivity contribution in [2.75, 3.05) is 19.0 Å². The number of hydrogen-bond donors (Lipinski definition) is 3. The summed E-state index contributed by atoms with van der Waals surface area (Å²) in [7, 11) is 4.58. The van der Waals surface area contributed by atoms with E-state index in [0.717, 1.165) is 38.8 Å². The first-order chi connectivity index (χ1) is 22.2. The largest absolute Gasteiger partial charge is 0.481 e. The summed E-state index contributed by atoms with van der Waals surface area (Å²) in [6.07, 6.45) is 2.71. The number of methoxy groups -OCH3 is 1. The molecule has 236 valence electrons. The molecule has 0 aliphatic carbocycles. The Balaban J connectivity index is 1.30. The number of ether oxygens (including phenoxy) is 1. The number of amides is 1. The van der Waals surface area contributed by atoms with Crippen LogP contribution >= 0.6 is 11.6 Å². The topological polar surface area (TPSA) is 145 Å². The molecule has 1 aliphatic heterocycles. The van der Waals surface area contributed by atoms with Crippen LogP contribution in [-0.4, -0.2) is 49.7 Å². The van der Waals surface area contributed by atoms with E-state index in [2.05, 4.69) is 25.9 Å². The Morgan fingerprint density at radius 2 is 1.76 bits per heavy atom. The zero-order valence-corrected chi connectivity index (χ0v) is 26.6. The minimum absolute atomic E-state index is 0.0910. The molecule has 4 heterocycles. The van der Waals surface area contributed by atoms with Crippen LogP contribution in [0.2, 0.25) is 5.02 Å².